The quantitative estimate of drug-likeness (QED) is 0.501. The molecule has 0 bridgehead atoms. The molecule has 0 saturated carbocycles. The predicted octanol–water partition coefficient (Wildman–Crippen LogP) is 4.57. The Labute approximate surface area is 149 Å². The van der Waals surface area contributed by atoms with Crippen LogP contribution in [0.2, 0.25) is 0 Å². The number of fused-ring (bicyclic) bond motifs is 1. The molecule has 0 saturated heterocycles. The molecule has 3 rings (SSSR count). The molecule has 3 aromatic rings. The Morgan fingerprint density at radius 1 is 1.20 bits per heavy atom. The maximum absolute atomic E-state index is 11.6. The van der Waals surface area contributed by atoms with Gasteiger partial charge in [-0.2, -0.15) is 0 Å². The molecule has 0 aliphatic heterocycles. The molecular weight excluding hydrogens is 336 g/mol. The first kappa shape index (κ1) is 17.1. The Morgan fingerprint density at radius 2 is 1.92 bits per heavy atom. The van der Waals surface area contributed by atoms with E-state index >= 15 is 0 Å². The lowest BCUT2D eigenvalue weighted by molar-refractivity contribution is -0.131. The van der Waals surface area contributed by atoms with E-state index in [4.69, 9.17) is 4.74 Å². The number of nitrogens with zero attached hydrogens (tertiary/aromatic N) is 1. The number of benzene rings is 2. The van der Waals surface area contributed by atoms with Crippen LogP contribution in [-0.2, 0) is 4.79 Å². The number of aliphatic carboxylic acids is 1. The number of carboxylic acid groups (broad SMARTS) is 1. The van der Waals surface area contributed by atoms with Crippen LogP contribution < -0.4 is 4.74 Å². The SMILES string of the molecule is CC(C)Oc1ccc(/C=C(\Sc2nc3ccccc3[nH]2)C(=O)O)cc1. The zero-order valence-corrected chi connectivity index (χ0v) is 14.7. The Hall–Kier alpha value is -2.73. The summed E-state index contributed by atoms with van der Waals surface area (Å²) in [5.41, 5.74) is 2.48. The van der Waals surface area contributed by atoms with Crippen LogP contribution in [0.3, 0.4) is 0 Å². The van der Waals surface area contributed by atoms with Crippen molar-refractivity contribution >= 4 is 34.8 Å². The summed E-state index contributed by atoms with van der Waals surface area (Å²) >= 11 is 1.10. The van der Waals surface area contributed by atoms with E-state index < -0.39 is 5.97 Å². The fourth-order valence-corrected chi connectivity index (χ4v) is 3.08. The van der Waals surface area contributed by atoms with Crippen molar-refractivity contribution in [1.82, 2.24) is 9.97 Å². The lowest BCUT2D eigenvalue weighted by Gasteiger charge is -2.09. The fraction of sp³-hybridized carbons (Fsp3) is 0.158. The second kappa shape index (κ2) is 7.44. The normalized spacial score (nSPS) is 11.9. The lowest BCUT2D eigenvalue weighted by Crippen LogP contribution is -2.05. The maximum Gasteiger partial charge on any atom is 0.342 e. The first-order valence-corrected chi connectivity index (χ1v) is 8.67. The van der Waals surface area contributed by atoms with E-state index in [1.807, 2.05) is 62.4 Å². The third-order valence-corrected chi connectivity index (χ3v) is 4.23. The fourth-order valence-electron chi connectivity index (χ4n) is 2.28. The van der Waals surface area contributed by atoms with Crippen molar-refractivity contribution in [1.29, 1.82) is 0 Å². The molecule has 25 heavy (non-hydrogen) atoms. The van der Waals surface area contributed by atoms with Crippen molar-refractivity contribution in [3.63, 3.8) is 0 Å². The molecule has 1 heterocycles. The summed E-state index contributed by atoms with van der Waals surface area (Å²) in [4.78, 5) is 19.3. The number of ether oxygens (including phenoxy) is 1. The molecule has 128 valence electrons. The van der Waals surface area contributed by atoms with E-state index in [1.165, 1.54) is 0 Å². The first-order chi connectivity index (χ1) is 12.0. The highest BCUT2D eigenvalue weighted by molar-refractivity contribution is 8.04. The summed E-state index contributed by atoms with van der Waals surface area (Å²) in [5, 5.41) is 10.0. The maximum atomic E-state index is 11.6. The van der Waals surface area contributed by atoms with Gasteiger partial charge in [-0.1, -0.05) is 24.3 Å². The Kier molecular flexibility index (Phi) is 5.09. The van der Waals surface area contributed by atoms with Gasteiger partial charge in [-0.15, -0.1) is 0 Å². The number of hydrogen-bond donors (Lipinski definition) is 2. The molecule has 0 unspecified atom stereocenters. The van der Waals surface area contributed by atoms with Crippen molar-refractivity contribution in [2.75, 3.05) is 0 Å². The number of hydrogen-bond acceptors (Lipinski definition) is 4. The standard InChI is InChI=1S/C19H18N2O3S/c1-12(2)24-14-9-7-13(8-10-14)11-17(18(22)23)25-19-20-15-5-3-4-6-16(15)21-19/h3-12H,1-2H3,(H,20,21)(H,22,23)/b17-11-. The van der Waals surface area contributed by atoms with Gasteiger partial charge in [0.25, 0.3) is 0 Å². The molecule has 2 N–H and O–H groups in total. The molecule has 1 aromatic heterocycles. The second-order valence-electron chi connectivity index (χ2n) is 5.71. The minimum atomic E-state index is -0.993. The zero-order valence-electron chi connectivity index (χ0n) is 13.9. The number of aromatic nitrogens is 2. The van der Waals surface area contributed by atoms with Gasteiger partial charge in [0.15, 0.2) is 5.16 Å². The predicted molar refractivity (Wildman–Crippen MR) is 99.8 cm³/mol. The number of para-hydroxylation sites is 2. The summed E-state index contributed by atoms with van der Waals surface area (Å²) in [6, 6.07) is 14.9. The average molecular weight is 354 g/mol. The third-order valence-electron chi connectivity index (χ3n) is 3.33. The van der Waals surface area contributed by atoms with Crippen LogP contribution >= 0.6 is 11.8 Å². The summed E-state index contributed by atoms with van der Waals surface area (Å²) in [6.07, 6.45) is 1.72. The molecule has 0 fully saturated rings. The topological polar surface area (TPSA) is 75.2 Å². The van der Waals surface area contributed by atoms with Crippen molar-refractivity contribution in [2.24, 2.45) is 0 Å². The van der Waals surface area contributed by atoms with Crippen LogP contribution in [0.1, 0.15) is 19.4 Å². The van der Waals surface area contributed by atoms with E-state index in [-0.39, 0.29) is 11.0 Å². The first-order valence-electron chi connectivity index (χ1n) is 7.85. The number of rotatable bonds is 6. The summed E-state index contributed by atoms with van der Waals surface area (Å²) < 4.78 is 5.59. The van der Waals surface area contributed by atoms with Gasteiger partial charge in [-0.05, 0) is 61.5 Å². The van der Waals surface area contributed by atoms with Gasteiger partial charge >= 0.3 is 5.97 Å². The molecule has 6 heteroatoms. The van der Waals surface area contributed by atoms with Crippen LogP contribution in [0, 0.1) is 0 Å². The Morgan fingerprint density at radius 3 is 2.56 bits per heavy atom. The third kappa shape index (κ3) is 4.42. The van der Waals surface area contributed by atoms with Crippen molar-refractivity contribution in [2.45, 2.75) is 25.1 Å². The number of carboxylic acids is 1. The number of H-pyrrole nitrogens is 1. The minimum absolute atomic E-state index is 0.0969. The van der Waals surface area contributed by atoms with Gasteiger partial charge in [0.2, 0.25) is 0 Å². The Bertz CT molecular complexity index is 881. The Balaban J connectivity index is 1.82. The monoisotopic (exact) mass is 354 g/mol. The smallest absolute Gasteiger partial charge is 0.342 e. The average Bonchev–Trinajstić information content (AvgIpc) is 2.97. The van der Waals surface area contributed by atoms with E-state index in [9.17, 15) is 9.90 Å². The van der Waals surface area contributed by atoms with Crippen LogP contribution in [-0.4, -0.2) is 27.1 Å². The van der Waals surface area contributed by atoms with E-state index in [0.29, 0.717) is 5.16 Å². The molecule has 5 nitrogen and oxygen atoms in total. The van der Waals surface area contributed by atoms with E-state index in [2.05, 4.69) is 9.97 Å². The molecule has 0 spiro atoms. The van der Waals surface area contributed by atoms with Crippen molar-refractivity contribution < 1.29 is 14.6 Å². The summed E-state index contributed by atoms with van der Waals surface area (Å²) in [7, 11) is 0. The van der Waals surface area contributed by atoms with Gasteiger partial charge in [0.05, 0.1) is 17.1 Å². The van der Waals surface area contributed by atoms with E-state index in [1.54, 1.807) is 6.08 Å². The van der Waals surface area contributed by atoms with Gasteiger partial charge in [0.1, 0.15) is 10.7 Å². The van der Waals surface area contributed by atoms with Crippen molar-refractivity contribution in [3.05, 3.63) is 59.0 Å². The summed E-state index contributed by atoms with van der Waals surface area (Å²) in [6.45, 7) is 3.92. The van der Waals surface area contributed by atoms with Gasteiger partial charge < -0.3 is 14.8 Å². The highest BCUT2D eigenvalue weighted by Gasteiger charge is 2.13. The van der Waals surface area contributed by atoms with Gasteiger partial charge in [-0.3, -0.25) is 0 Å². The molecule has 0 aliphatic rings. The van der Waals surface area contributed by atoms with E-state index in [0.717, 1.165) is 34.1 Å². The van der Waals surface area contributed by atoms with Crippen LogP contribution in [0.5, 0.6) is 5.75 Å². The highest BCUT2D eigenvalue weighted by atomic mass is 32.2. The summed E-state index contributed by atoms with van der Waals surface area (Å²) in [5.74, 6) is -0.234. The number of aromatic amines is 1. The largest absolute Gasteiger partial charge is 0.491 e. The molecule has 2 aromatic carbocycles. The van der Waals surface area contributed by atoms with Crippen LogP contribution in [0.25, 0.3) is 17.1 Å². The van der Waals surface area contributed by atoms with Crippen LogP contribution in [0.4, 0.5) is 0 Å². The van der Waals surface area contributed by atoms with Gasteiger partial charge in [0, 0.05) is 0 Å². The number of carbonyl (C=O) groups is 1. The lowest BCUT2D eigenvalue weighted by atomic mass is 10.2. The molecular formula is C19H18N2O3S. The van der Waals surface area contributed by atoms with Gasteiger partial charge in [-0.25, -0.2) is 9.78 Å². The molecule has 0 aliphatic carbocycles. The van der Waals surface area contributed by atoms with Crippen LogP contribution in [0.15, 0.2) is 58.6 Å². The highest BCUT2D eigenvalue weighted by Crippen LogP contribution is 2.28. The molecule has 0 atom stereocenters. The number of nitrogens with one attached hydrogen (secondary N) is 1. The van der Waals surface area contributed by atoms with Crippen molar-refractivity contribution in [3.8, 4) is 5.75 Å². The number of imidazole rings is 1. The second-order valence-corrected chi connectivity index (χ2v) is 6.74. The molecule has 0 amide bonds. The number of thioether (sulfide) groups is 1. The molecule has 0 radical (unpaired) electrons. The minimum Gasteiger partial charge on any atom is -0.491 e. The zero-order chi connectivity index (χ0) is 17.8.